The SMILES string of the molecule is O=C(CF)C(F)(F)C(=O)C(F)(F)F.[Co]. The van der Waals surface area contributed by atoms with Gasteiger partial charge in [0.25, 0.3) is 0 Å². The van der Waals surface area contributed by atoms with Crippen LogP contribution in [0.1, 0.15) is 0 Å². The van der Waals surface area contributed by atoms with Crippen molar-refractivity contribution < 1.29 is 52.7 Å². The first-order valence-corrected chi connectivity index (χ1v) is 2.72. The van der Waals surface area contributed by atoms with Crippen LogP contribution in [0.25, 0.3) is 0 Å². The van der Waals surface area contributed by atoms with E-state index < -0.39 is 30.3 Å². The minimum Gasteiger partial charge on any atom is -0.289 e. The van der Waals surface area contributed by atoms with Gasteiger partial charge < -0.3 is 0 Å². The normalized spacial score (nSPS) is 11.9. The molecule has 0 aromatic rings. The van der Waals surface area contributed by atoms with E-state index in [2.05, 4.69) is 0 Å². The summed E-state index contributed by atoms with van der Waals surface area (Å²) in [6, 6.07) is 0. The molecule has 0 bridgehead atoms. The molecule has 0 aliphatic heterocycles. The van der Waals surface area contributed by atoms with Gasteiger partial charge in [0.2, 0.25) is 5.78 Å². The van der Waals surface area contributed by atoms with E-state index in [1.165, 1.54) is 0 Å². The molecular weight excluding hydrogens is 265 g/mol. The minimum atomic E-state index is -5.85. The molecule has 0 heterocycles. The van der Waals surface area contributed by atoms with Gasteiger partial charge in [0.15, 0.2) is 6.67 Å². The van der Waals surface area contributed by atoms with Gasteiger partial charge in [0.1, 0.15) is 0 Å². The number of rotatable bonds is 3. The fourth-order valence-electron chi connectivity index (χ4n) is 0.389. The quantitative estimate of drug-likeness (QED) is 0.570. The Morgan fingerprint density at radius 2 is 1.36 bits per heavy atom. The van der Waals surface area contributed by atoms with E-state index in [0.717, 1.165) is 0 Å². The summed E-state index contributed by atoms with van der Waals surface area (Å²) in [4.78, 5) is 19.7. The van der Waals surface area contributed by atoms with Crippen LogP contribution in [0.2, 0.25) is 0 Å². The largest absolute Gasteiger partial charge is 0.456 e. The average Bonchev–Trinajstić information content (AvgIpc) is 1.99. The third-order valence-corrected chi connectivity index (χ3v) is 1.01. The molecule has 0 amide bonds. The monoisotopic (exact) mass is 267 g/mol. The topological polar surface area (TPSA) is 34.1 Å². The Labute approximate surface area is 83.8 Å². The second-order valence-electron chi connectivity index (χ2n) is 1.96. The molecule has 0 N–H and O–H groups in total. The summed E-state index contributed by atoms with van der Waals surface area (Å²) in [7, 11) is 0. The first kappa shape index (κ1) is 15.9. The van der Waals surface area contributed by atoms with Crippen LogP contribution in [0.5, 0.6) is 0 Å². The van der Waals surface area contributed by atoms with Crippen molar-refractivity contribution in [1.82, 2.24) is 0 Å². The molecule has 0 aromatic heterocycles. The summed E-state index contributed by atoms with van der Waals surface area (Å²) in [5.41, 5.74) is 0. The molecule has 0 aromatic carbocycles. The number of ketones is 2. The number of halogens is 6. The van der Waals surface area contributed by atoms with Crippen LogP contribution in [0.3, 0.4) is 0 Å². The molecule has 0 rings (SSSR count). The van der Waals surface area contributed by atoms with Crippen molar-refractivity contribution in [3.8, 4) is 0 Å². The summed E-state index contributed by atoms with van der Waals surface area (Å²) < 4.78 is 69.4. The molecule has 9 heteroatoms. The first-order valence-electron chi connectivity index (χ1n) is 2.72. The zero-order valence-corrected chi connectivity index (χ0v) is 7.17. The Morgan fingerprint density at radius 3 is 1.57 bits per heavy atom. The molecule has 0 atom stereocenters. The van der Waals surface area contributed by atoms with Crippen molar-refractivity contribution in [2.75, 3.05) is 6.67 Å². The molecule has 0 aliphatic carbocycles. The third kappa shape index (κ3) is 3.29. The van der Waals surface area contributed by atoms with Crippen molar-refractivity contribution >= 4 is 11.6 Å². The maximum absolute atomic E-state index is 12.0. The van der Waals surface area contributed by atoms with Crippen LogP contribution in [0, 0.1) is 0 Å². The van der Waals surface area contributed by atoms with Crippen molar-refractivity contribution in [3.63, 3.8) is 0 Å². The van der Waals surface area contributed by atoms with E-state index in [1.807, 2.05) is 0 Å². The van der Waals surface area contributed by atoms with Gasteiger partial charge in [-0.1, -0.05) is 0 Å². The molecule has 0 unspecified atom stereocenters. The number of hydrogen-bond acceptors (Lipinski definition) is 2. The van der Waals surface area contributed by atoms with Crippen LogP contribution in [0.15, 0.2) is 0 Å². The number of carbonyl (C=O) groups is 2. The zero-order chi connectivity index (χ0) is 10.9. The number of hydrogen-bond donors (Lipinski definition) is 0. The summed E-state index contributed by atoms with van der Waals surface area (Å²) in [5, 5.41) is 0. The molecule has 1 radical (unpaired) electrons. The predicted octanol–water partition coefficient (Wildman–Crippen LogP) is 1.29. The smallest absolute Gasteiger partial charge is 0.289 e. The molecule has 0 saturated carbocycles. The van der Waals surface area contributed by atoms with Crippen molar-refractivity contribution in [2.45, 2.75) is 12.1 Å². The van der Waals surface area contributed by atoms with E-state index in [9.17, 15) is 35.9 Å². The summed E-state index contributed by atoms with van der Waals surface area (Å²) in [6.45, 7) is -2.32. The van der Waals surface area contributed by atoms with Crippen molar-refractivity contribution in [3.05, 3.63) is 0 Å². The molecule has 85 valence electrons. The fourth-order valence-corrected chi connectivity index (χ4v) is 0.389. The maximum atomic E-state index is 12.0. The maximum Gasteiger partial charge on any atom is 0.456 e. The van der Waals surface area contributed by atoms with E-state index in [4.69, 9.17) is 0 Å². The standard InChI is InChI=1S/C5H2F6O2.Co/c6-1-2(12)4(7,8)3(13)5(9,10)11;/h1H2;. The molecule has 2 nitrogen and oxygen atoms in total. The first-order chi connectivity index (χ1) is 5.64. The molecule has 14 heavy (non-hydrogen) atoms. The van der Waals surface area contributed by atoms with Gasteiger partial charge in [-0.3, -0.25) is 9.59 Å². The minimum absolute atomic E-state index is 0. The molecule has 0 saturated heterocycles. The van der Waals surface area contributed by atoms with E-state index in [0.29, 0.717) is 0 Å². The Bertz CT molecular complexity index is 235. The van der Waals surface area contributed by atoms with Gasteiger partial charge in [0, 0.05) is 16.8 Å². The van der Waals surface area contributed by atoms with Gasteiger partial charge in [-0.05, 0) is 0 Å². The van der Waals surface area contributed by atoms with E-state index in [-0.39, 0.29) is 16.8 Å². The van der Waals surface area contributed by atoms with Crippen molar-refractivity contribution in [1.29, 1.82) is 0 Å². The molecule has 0 aliphatic rings. The number of Topliss-reactive ketones (excluding diaryl/α,β-unsaturated/α-hetero) is 2. The third-order valence-electron chi connectivity index (χ3n) is 1.01. The molecular formula is C5H2CoF6O2. The van der Waals surface area contributed by atoms with Gasteiger partial charge >= 0.3 is 17.9 Å². The zero-order valence-electron chi connectivity index (χ0n) is 6.12. The van der Waals surface area contributed by atoms with Crippen molar-refractivity contribution in [2.24, 2.45) is 0 Å². The Kier molecular flexibility index (Phi) is 5.42. The predicted molar refractivity (Wildman–Crippen MR) is 27.0 cm³/mol. The van der Waals surface area contributed by atoms with E-state index >= 15 is 0 Å². The summed E-state index contributed by atoms with van der Waals surface area (Å²) >= 11 is 0. The van der Waals surface area contributed by atoms with Crippen LogP contribution >= 0.6 is 0 Å². The van der Waals surface area contributed by atoms with Gasteiger partial charge in [-0.2, -0.15) is 22.0 Å². The van der Waals surface area contributed by atoms with Crippen LogP contribution in [-0.2, 0) is 26.4 Å². The van der Waals surface area contributed by atoms with E-state index in [1.54, 1.807) is 0 Å². The molecule has 0 spiro atoms. The summed E-state index contributed by atoms with van der Waals surface area (Å²) in [5.74, 6) is -11.6. The van der Waals surface area contributed by atoms with Crippen LogP contribution < -0.4 is 0 Å². The van der Waals surface area contributed by atoms with Crippen LogP contribution in [-0.4, -0.2) is 30.3 Å². The Balaban J connectivity index is 0. The molecule has 0 fully saturated rings. The number of carbonyl (C=O) groups excluding carboxylic acids is 2. The van der Waals surface area contributed by atoms with Gasteiger partial charge in [-0.25, -0.2) is 4.39 Å². The van der Waals surface area contributed by atoms with Gasteiger partial charge in [-0.15, -0.1) is 0 Å². The summed E-state index contributed by atoms with van der Waals surface area (Å²) in [6.07, 6.45) is -5.85. The fraction of sp³-hybridized carbons (Fsp3) is 0.600. The Hall–Kier alpha value is -0.574. The van der Waals surface area contributed by atoms with Gasteiger partial charge in [0.05, 0.1) is 0 Å². The number of alkyl halides is 6. The second-order valence-corrected chi connectivity index (χ2v) is 1.96. The Morgan fingerprint density at radius 1 is 1.00 bits per heavy atom. The second kappa shape index (κ2) is 4.78. The average molecular weight is 267 g/mol. The van der Waals surface area contributed by atoms with Crippen LogP contribution in [0.4, 0.5) is 26.3 Å².